The molecule has 0 amide bonds. The quantitative estimate of drug-likeness (QED) is 0.377. The number of esters is 1. The third kappa shape index (κ3) is 5.18. The molecule has 4 fully saturated rings. The van der Waals surface area contributed by atoms with Gasteiger partial charge in [-0.1, -0.05) is 77.6 Å². The minimum absolute atomic E-state index is 0.212. The largest absolute Gasteiger partial charge is 0.431 e. The standard InChI is InChI=1S/C31H45N3O3/c1-21-12-11-19-31(20-21)25-26(28(37-30(25)35)33-23-15-7-3-8-16-23)36-29(34-24-17-9-4-10-18-24)27(31)32-22-13-5-2-6-14-22/h21-24H,2-20H2,1H3. The number of rotatable bonds is 3. The summed E-state index contributed by atoms with van der Waals surface area (Å²) in [5.41, 5.74) is 1.20. The first-order chi connectivity index (χ1) is 18.1. The topological polar surface area (TPSA) is 72.6 Å². The Bertz CT molecular complexity index is 993. The number of hydrogen-bond acceptors (Lipinski definition) is 6. The van der Waals surface area contributed by atoms with Crippen LogP contribution in [0, 0.1) is 11.3 Å². The monoisotopic (exact) mass is 507 g/mol. The number of hydrogen-bond donors (Lipinski definition) is 0. The van der Waals surface area contributed by atoms with Gasteiger partial charge in [-0.05, 0) is 57.3 Å². The first kappa shape index (κ1) is 25.3. The maximum absolute atomic E-state index is 13.6. The lowest BCUT2D eigenvalue weighted by atomic mass is 9.62. The summed E-state index contributed by atoms with van der Waals surface area (Å²) in [5, 5.41) is 0. The second kappa shape index (κ2) is 11.0. The molecule has 2 aliphatic heterocycles. The highest BCUT2D eigenvalue weighted by atomic mass is 16.6. The van der Waals surface area contributed by atoms with Gasteiger partial charge in [-0.15, -0.1) is 0 Å². The van der Waals surface area contributed by atoms with Crippen LogP contribution in [0.3, 0.4) is 0 Å². The van der Waals surface area contributed by atoms with Crippen molar-refractivity contribution in [1.29, 1.82) is 0 Å². The Balaban J connectivity index is 1.47. The van der Waals surface area contributed by atoms with E-state index in [9.17, 15) is 4.79 Å². The molecule has 1 spiro atoms. The minimum Gasteiger partial charge on any atom is -0.431 e. The molecule has 2 heterocycles. The number of carbonyl (C=O) groups is 1. The van der Waals surface area contributed by atoms with E-state index < -0.39 is 5.41 Å². The molecule has 0 N–H and O–H groups in total. The molecule has 0 aromatic rings. The number of carbonyl (C=O) groups excluding carboxylic acids is 1. The highest BCUT2D eigenvalue weighted by Crippen LogP contribution is 2.52. The van der Waals surface area contributed by atoms with Crippen LogP contribution in [0.15, 0.2) is 26.3 Å². The second-order valence-corrected chi connectivity index (χ2v) is 12.7. The molecule has 202 valence electrons. The maximum atomic E-state index is 13.6. The van der Waals surface area contributed by atoms with Gasteiger partial charge < -0.3 is 9.47 Å². The van der Waals surface area contributed by atoms with Crippen molar-refractivity contribution in [2.75, 3.05) is 0 Å². The van der Waals surface area contributed by atoms with Crippen molar-refractivity contribution in [2.45, 2.75) is 147 Å². The zero-order valence-electron chi connectivity index (χ0n) is 22.8. The second-order valence-electron chi connectivity index (χ2n) is 12.7. The summed E-state index contributed by atoms with van der Waals surface area (Å²) in [6.07, 6.45) is 21.8. The van der Waals surface area contributed by atoms with Crippen LogP contribution in [0.1, 0.15) is 129 Å². The predicted octanol–water partition coefficient (Wildman–Crippen LogP) is 7.26. The van der Waals surface area contributed by atoms with Gasteiger partial charge in [0, 0.05) is 0 Å². The Hall–Kier alpha value is -1.98. The lowest BCUT2D eigenvalue weighted by Crippen LogP contribution is -2.48. The van der Waals surface area contributed by atoms with Crippen LogP contribution < -0.4 is 0 Å². The van der Waals surface area contributed by atoms with Crippen molar-refractivity contribution in [3.05, 3.63) is 11.3 Å². The van der Waals surface area contributed by atoms with Gasteiger partial charge >= 0.3 is 5.97 Å². The third-order valence-electron chi connectivity index (χ3n) is 9.78. The van der Waals surface area contributed by atoms with E-state index in [0.717, 1.165) is 63.5 Å². The van der Waals surface area contributed by atoms with Crippen LogP contribution in [-0.2, 0) is 14.3 Å². The van der Waals surface area contributed by atoms with Crippen LogP contribution in [0.25, 0.3) is 0 Å². The summed E-state index contributed by atoms with van der Waals surface area (Å²) in [5.74, 6) is 1.92. The van der Waals surface area contributed by atoms with Crippen LogP contribution in [0.2, 0.25) is 0 Å². The highest BCUT2D eigenvalue weighted by Gasteiger charge is 2.57. The Labute approximate surface area is 222 Å². The molecular weight excluding hydrogens is 462 g/mol. The molecule has 0 aromatic heterocycles. The molecular formula is C31H45N3O3. The summed E-state index contributed by atoms with van der Waals surface area (Å²) in [6.45, 7) is 2.32. The van der Waals surface area contributed by atoms with Crippen molar-refractivity contribution in [1.82, 2.24) is 0 Å². The average Bonchev–Trinajstić information content (AvgIpc) is 3.23. The summed E-state index contributed by atoms with van der Waals surface area (Å²) in [7, 11) is 0. The molecule has 0 aromatic carbocycles. The maximum Gasteiger partial charge on any atom is 0.345 e. The van der Waals surface area contributed by atoms with Crippen molar-refractivity contribution in [3.8, 4) is 0 Å². The number of cyclic esters (lactones) is 1. The fraction of sp³-hybridized carbons (Fsp3) is 0.806. The number of fused-ring (bicyclic) bond motifs is 1. The predicted molar refractivity (Wildman–Crippen MR) is 147 cm³/mol. The van der Waals surface area contributed by atoms with E-state index in [1.165, 1.54) is 64.2 Å². The van der Waals surface area contributed by atoms with Gasteiger partial charge in [-0.3, -0.25) is 4.99 Å². The zero-order valence-corrected chi connectivity index (χ0v) is 22.8. The fourth-order valence-corrected chi connectivity index (χ4v) is 7.85. The molecule has 0 bridgehead atoms. The molecule has 4 saturated carbocycles. The minimum atomic E-state index is -0.461. The van der Waals surface area contributed by atoms with Gasteiger partial charge in [0.25, 0.3) is 5.90 Å². The fourth-order valence-electron chi connectivity index (χ4n) is 7.85. The molecule has 0 radical (unpaired) electrons. The molecule has 2 atom stereocenters. The van der Waals surface area contributed by atoms with E-state index in [-0.39, 0.29) is 18.1 Å². The molecule has 6 heteroatoms. The molecule has 37 heavy (non-hydrogen) atoms. The van der Waals surface area contributed by atoms with Crippen molar-refractivity contribution in [2.24, 2.45) is 26.3 Å². The summed E-state index contributed by atoms with van der Waals surface area (Å²) in [6, 6.07) is 0.787. The van der Waals surface area contributed by atoms with Crippen LogP contribution in [-0.4, -0.2) is 41.6 Å². The number of ether oxygens (including phenoxy) is 2. The Kier molecular flexibility index (Phi) is 7.54. The van der Waals surface area contributed by atoms with E-state index in [0.29, 0.717) is 35.1 Å². The smallest absolute Gasteiger partial charge is 0.345 e. The van der Waals surface area contributed by atoms with E-state index >= 15 is 0 Å². The number of nitrogens with zero attached hydrogens (tertiary/aromatic N) is 3. The SMILES string of the molecule is CC1CCCC2(C1)C(=NC1CCCCC1)C(=NC1CCCCC1)OC1=C2C(=O)OC1=NC1CCCCC1. The normalized spacial score (nSPS) is 35.9. The van der Waals surface area contributed by atoms with E-state index in [1.54, 1.807) is 0 Å². The van der Waals surface area contributed by atoms with Crippen LogP contribution in [0.4, 0.5) is 0 Å². The summed E-state index contributed by atoms with van der Waals surface area (Å²) >= 11 is 0. The van der Waals surface area contributed by atoms with Crippen LogP contribution >= 0.6 is 0 Å². The van der Waals surface area contributed by atoms with E-state index in [4.69, 9.17) is 24.5 Å². The van der Waals surface area contributed by atoms with Gasteiger partial charge in [-0.2, -0.15) is 0 Å². The molecule has 2 unspecified atom stereocenters. The number of aliphatic imine (C=N–C) groups is 3. The first-order valence-corrected chi connectivity index (χ1v) is 15.5. The van der Waals surface area contributed by atoms with E-state index in [1.807, 2.05) is 0 Å². The summed E-state index contributed by atoms with van der Waals surface area (Å²) < 4.78 is 12.6. The lowest BCUT2D eigenvalue weighted by molar-refractivity contribution is -0.131. The first-order valence-electron chi connectivity index (χ1n) is 15.5. The zero-order chi connectivity index (χ0) is 25.2. The Morgan fingerprint density at radius 3 is 1.76 bits per heavy atom. The molecule has 0 saturated heterocycles. The van der Waals surface area contributed by atoms with Gasteiger partial charge in [0.05, 0.1) is 29.1 Å². The summed E-state index contributed by atoms with van der Waals surface area (Å²) in [4.78, 5) is 29.4. The van der Waals surface area contributed by atoms with E-state index in [2.05, 4.69) is 6.92 Å². The molecule has 6 aliphatic rings. The van der Waals surface area contributed by atoms with Crippen molar-refractivity contribution < 1.29 is 14.3 Å². The Morgan fingerprint density at radius 2 is 1.19 bits per heavy atom. The molecule has 6 nitrogen and oxygen atoms in total. The highest BCUT2D eigenvalue weighted by molar-refractivity contribution is 6.45. The average molecular weight is 508 g/mol. The molecule has 4 aliphatic carbocycles. The van der Waals surface area contributed by atoms with Crippen LogP contribution in [0.5, 0.6) is 0 Å². The third-order valence-corrected chi connectivity index (χ3v) is 9.78. The lowest BCUT2D eigenvalue weighted by Gasteiger charge is -2.43. The van der Waals surface area contributed by atoms with Gasteiger partial charge in [0.2, 0.25) is 11.7 Å². The molecule has 6 rings (SSSR count). The van der Waals surface area contributed by atoms with Crippen molar-refractivity contribution in [3.63, 3.8) is 0 Å². The van der Waals surface area contributed by atoms with Gasteiger partial charge in [0.1, 0.15) is 5.71 Å². The van der Waals surface area contributed by atoms with Crippen molar-refractivity contribution >= 4 is 23.5 Å². The van der Waals surface area contributed by atoms with Gasteiger partial charge in [0.15, 0.2) is 0 Å². The van der Waals surface area contributed by atoms with Gasteiger partial charge in [-0.25, -0.2) is 14.8 Å². The Morgan fingerprint density at radius 1 is 0.649 bits per heavy atom.